The van der Waals surface area contributed by atoms with Gasteiger partial charge in [0.2, 0.25) is 0 Å². The summed E-state index contributed by atoms with van der Waals surface area (Å²) in [6.07, 6.45) is 5.30. The van der Waals surface area contributed by atoms with Crippen LogP contribution >= 0.6 is 0 Å². The van der Waals surface area contributed by atoms with Crippen molar-refractivity contribution in [3.8, 4) is 22.6 Å². The third kappa shape index (κ3) is 2.97. The van der Waals surface area contributed by atoms with Crippen LogP contribution in [0.5, 0.6) is 11.5 Å². The summed E-state index contributed by atoms with van der Waals surface area (Å²) in [7, 11) is 0. The Morgan fingerprint density at radius 1 is 1.00 bits per heavy atom. The minimum atomic E-state index is -1.14. The van der Waals surface area contributed by atoms with Crippen LogP contribution in [-0.4, -0.2) is 51.7 Å². The van der Waals surface area contributed by atoms with Crippen LogP contribution in [0.2, 0.25) is 0 Å². The van der Waals surface area contributed by atoms with E-state index in [0.29, 0.717) is 36.5 Å². The van der Waals surface area contributed by atoms with Crippen molar-refractivity contribution in [2.75, 3.05) is 13.1 Å². The molecule has 0 radical (unpaired) electrons. The highest BCUT2D eigenvalue weighted by Gasteiger charge is 2.74. The molecule has 0 amide bonds. The maximum atomic E-state index is 14.1. The standard InChI is InChI=1S/C33H31NO4/c35-26-13-12-24-17-27-33(37)18-25(16-20-8-10-23(11-9-20)22-4-2-1-3-5-22)29(36)31-32(33,28(24)30(26)38-31)14-15-34(27)19-21-6-7-21/h1-5,8-13,16,21,27,31,35,37H,6-7,14-15,17-19H2/b25-16-/t27-,31+,32?,33-/m1/s1. The van der Waals surface area contributed by atoms with Gasteiger partial charge in [-0.1, -0.05) is 60.7 Å². The van der Waals surface area contributed by atoms with Crippen molar-refractivity contribution in [2.45, 2.75) is 55.3 Å². The van der Waals surface area contributed by atoms with Crippen molar-refractivity contribution in [2.24, 2.45) is 5.92 Å². The van der Waals surface area contributed by atoms with Gasteiger partial charge in [-0.2, -0.15) is 0 Å². The number of aliphatic hydroxyl groups is 1. The van der Waals surface area contributed by atoms with Crippen molar-refractivity contribution in [1.82, 2.24) is 4.90 Å². The van der Waals surface area contributed by atoms with Crippen molar-refractivity contribution < 1.29 is 19.7 Å². The summed E-state index contributed by atoms with van der Waals surface area (Å²) in [5, 5.41) is 23.5. The summed E-state index contributed by atoms with van der Waals surface area (Å²) in [4.78, 5) is 16.5. The number of phenols is 1. The van der Waals surface area contributed by atoms with Crippen molar-refractivity contribution in [3.05, 3.63) is 89.0 Å². The summed E-state index contributed by atoms with van der Waals surface area (Å²) in [6.45, 7) is 1.84. The number of likely N-dealkylation sites (tertiary alicyclic amines) is 1. The summed E-state index contributed by atoms with van der Waals surface area (Å²) in [5.74, 6) is 1.11. The Labute approximate surface area is 222 Å². The van der Waals surface area contributed by atoms with Gasteiger partial charge < -0.3 is 14.9 Å². The molecule has 8 rings (SSSR count). The van der Waals surface area contributed by atoms with E-state index in [1.54, 1.807) is 6.07 Å². The highest BCUT2D eigenvalue weighted by molar-refractivity contribution is 6.06. The Morgan fingerprint density at radius 3 is 2.53 bits per heavy atom. The zero-order chi connectivity index (χ0) is 25.6. The molecule has 5 heteroatoms. The molecule has 3 aromatic carbocycles. The van der Waals surface area contributed by atoms with E-state index in [1.165, 1.54) is 12.8 Å². The first-order valence-electron chi connectivity index (χ1n) is 13.9. The van der Waals surface area contributed by atoms with E-state index < -0.39 is 17.1 Å². The smallest absolute Gasteiger partial charge is 0.200 e. The molecule has 2 saturated carbocycles. The molecule has 3 fully saturated rings. The van der Waals surface area contributed by atoms with Gasteiger partial charge >= 0.3 is 0 Å². The molecule has 5 nitrogen and oxygen atoms in total. The molecule has 5 aliphatic rings. The summed E-state index contributed by atoms with van der Waals surface area (Å²) in [5.41, 5.74) is 3.84. The second kappa shape index (κ2) is 7.81. The molecule has 3 aliphatic carbocycles. The molecule has 2 aliphatic heterocycles. The fourth-order valence-corrected chi connectivity index (χ4v) is 7.91. The third-order valence-corrected chi connectivity index (χ3v) is 9.89. The molecule has 38 heavy (non-hydrogen) atoms. The first-order valence-corrected chi connectivity index (χ1v) is 13.9. The van der Waals surface area contributed by atoms with Crippen molar-refractivity contribution in [3.63, 3.8) is 0 Å². The van der Waals surface area contributed by atoms with E-state index in [4.69, 9.17) is 4.74 Å². The molecule has 192 valence electrons. The Bertz CT molecular complexity index is 1490. The van der Waals surface area contributed by atoms with Gasteiger partial charge in [-0.15, -0.1) is 0 Å². The average molecular weight is 506 g/mol. The summed E-state index contributed by atoms with van der Waals surface area (Å²) >= 11 is 0. The van der Waals surface area contributed by atoms with Crippen molar-refractivity contribution in [1.29, 1.82) is 0 Å². The Hall–Kier alpha value is -3.41. The number of carbonyl (C=O) groups excluding carboxylic acids is 1. The first-order chi connectivity index (χ1) is 18.5. The third-order valence-electron chi connectivity index (χ3n) is 9.89. The number of benzene rings is 3. The maximum absolute atomic E-state index is 14.1. The second-order valence-electron chi connectivity index (χ2n) is 11.9. The molecule has 4 atom stereocenters. The first kappa shape index (κ1) is 22.6. The summed E-state index contributed by atoms with van der Waals surface area (Å²) < 4.78 is 6.34. The molecule has 2 bridgehead atoms. The van der Waals surface area contributed by atoms with E-state index in [1.807, 2.05) is 42.5 Å². The van der Waals surface area contributed by atoms with Crippen LogP contribution < -0.4 is 4.74 Å². The zero-order valence-electron chi connectivity index (χ0n) is 21.3. The number of hydrogen-bond acceptors (Lipinski definition) is 5. The van der Waals surface area contributed by atoms with Gasteiger partial charge in [-0.3, -0.25) is 9.69 Å². The molecule has 3 aromatic rings. The second-order valence-corrected chi connectivity index (χ2v) is 11.9. The summed E-state index contributed by atoms with van der Waals surface area (Å²) in [6, 6.07) is 22.0. The maximum Gasteiger partial charge on any atom is 0.200 e. The number of aromatic hydroxyl groups is 1. The highest BCUT2D eigenvalue weighted by atomic mass is 16.5. The number of hydrogen-bond donors (Lipinski definition) is 2. The molecular formula is C33H31NO4. The van der Waals surface area contributed by atoms with Gasteiger partial charge in [0, 0.05) is 30.1 Å². The van der Waals surface area contributed by atoms with Gasteiger partial charge in [0.25, 0.3) is 0 Å². The van der Waals surface area contributed by atoms with Gasteiger partial charge in [0.15, 0.2) is 23.4 Å². The van der Waals surface area contributed by atoms with Crippen LogP contribution in [0.3, 0.4) is 0 Å². The van der Waals surface area contributed by atoms with E-state index in [-0.39, 0.29) is 17.6 Å². The molecule has 0 aromatic heterocycles. The van der Waals surface area contributed by atoms with Crippen LogP contribution in [0.15, 0.2) is 72.3 Å². The van der Waals surface area contributed by atoms with E-state index >= 15 is 0 Å². The quantitative estimate of drug-likeness (QED) is 0.495. The lowest BCUT2D eigenvalue weighted by atomic mass is 9.48. The molecule has 2 N–H and O–H groups in total. The predicted octanol–water partition coefficient (Wildman–Crippen LogP) is 4.89. The Kier molecular flexibility index (Phi) is 4.64. The number of ether oxygens (including phenoxy) is 1. The lowest BCUT2D eigenvalue weighted by Gasteiger charge is -2.62. The highest BCUT2D eigenvalue weighted by Crippen LogP contribution is 2.65. The number of rotatable bonds is 4. The fraction of sp³-hybridized carbons (Fsp3) is 0.364. The minimum absolute atomic E-state index is 0.0589. The lowest BCUT2D eigenvalue weighted by molar-refractivity contribution is -0.179. The number of phenolic OH excluding ortho intramolecular Hbond substituents is 1. The topological polar surface area (TPSA) is 70.0 Å². The monoisotopic (exact) mass is 505 g/mol. The van der Waals surface area contributed by atoms with Crippen LogP contribution in [0.25, 0.3) is 17.2 Å². The van der Waals surface area contributed by atoms with Gasteiger partial charge in [-0.05, 0) is 72.5 Å². The predicted molar refractivity (Wildman–Crippen MR) is 145 cm³/mol. The lowest BCUT2D eigenvalue weighted by Crippen LogP contribution is -2.77. The largest absolute Gasteiger partial charge is 0.504 e. The average Bonchev–Trinajstić information content (AvgIpc) is 3.67. The van der Waals surface area contributed by atoms with Crippen LogP contribution in [0, 0.1) is 5.92 Å². The minimum Gasteiger partial charge on any atom is -0.504 e. The number of carbonyl (C=O) groups is 1. The Morgan fingerprint density at radius 2 is 1.76 bits per heavy atom. The van der Waals surface area contributed by atoms with Crippen LogP contribution in [0.1, 0.15) is 42.4 Å². The van der Waals surface area contributed by atoms with Gasteiger partial charge in [-0.25, -0.2) is 0 Å². The van der Waals surface area contributed by atoms with Crippen molar-refractivity contribution >= 4 is 11.9 Å². The number of ketones is 1. The molecular weight excluding hydrogens is 474 g/mol. The normalized spacial score (nSPS) is 32.2. The SMILES string of the molecule is O=C1/C(=C\c2ccc(-c3ccccc3)cc2)C[C@@]2(O)[C@H]3Cc4ccc(O)c5c4C2(CCN3CC2CC2)[C@H]1O5. The zero-order valence-corrected chi connectivity index (χ0v) is 21.3. The Balaban J connectivity index is 1.22. The van der Waals surface area contributed by atoms with Gasteiger partial charge in [0.05, 0.1) is 11.0 Å². The van der Waals surface area contributed by atoms with Crippen LogP contribution in [0.4, 0.5) is 0 Å². The molecule has 1 unspecified atom stereocenters. The number of nitrogens with zero attached hydrogens (tertiary/aromatic N) is 1. The van der Waals surface area contributed by atoms with E-state index in [0.717, 1.165) is 40.9 Å². The molecule has 1 spiro atoms. The van der Waals surface area contributed by atoms with E-state index in [2.05, 4.69) is 29.2 Å². The van der Waals surface area contributed by atoms with Crippen LogP contribution in [-0.2, 0) is 16.6 Å². The van der Waals surface area contributed by atoms with Gasteiger partial charge in [0.1, 0.15) is 0 Å². The van der Waals surface area contributed by atoms with E-state index in [9.17, 15) is 15.0 Å². The fourth-order valence-electron chi connectivity index (χ4n) is 7.91. The number of piperidine rings is 1. The molecule has 1 saturated heterocycles. The number of Topliss-reactive ketones (excluding diaryl/α,β-unsaturated/α-hetero) is 1. The molecule has 2 heterocycles.